The van der Waals surface area contributed by atoms with Gasteiger partial charge in [0.05, 0.1) is 11.1 Å². The third-order valence-corrected chi connectivity index (χ3v) is 4.60. The van der Waals surface area contributed by atoms with Crippen LogP contribution in [0.5, 0.6) is 0 Å². The van der Waals surface area contributed by atoms with Gasteiger partial charge in [0.15, 0.2) is 0 Å². The molecule has 3 aromatic rings. The molecule has 146 valence electrons. The number of carbonyl (C=O) groups excluding carboxylic acids is 1. The first kappa shape index (κ1) is 19.9. The minimum absolute atomic E-state index is 0.0199. The normalized spacial score (nSPS) is 10.8. The van der Waals surface area contributed by atoms with Crippen molar-refractivity contribution in [2.24, 2.45) is 5.10 Å². The van der Waals surface area contributed by atoms with Gasteiger partial charge >= 0.3 is 0 Å². The summed E-state index contributed by atoms with van der Waals surface area (Å²) in [5, 5.41) is 15.0. The second kappa shape index (κ2) is 9.41. The molecule has 0 bridgehead atoms. The van der Waals surface area contributed by atoms with Gasteiger partial charge in [0, 0.05) is 22.8 Å². The summed E-state index contributed by atoms with van der Waals surface area (Å²) < 4.78 is 0. The average Bonchev–Trinajstić information content (AvgIpc) is 2.74. The molecular formula is C23H21N3O3. The Morgan fingerprint density at radius 2 is 1.76 bits per heavy atom. The van der Waals surface area contributed by atoms with E-state index in [4.69, 9.17) is 0 Å². The maximum atomic E-state index is 12.6. The van der Waals surface area contributed by atoms with Crippen molar-refractivity contribution in [3.8, 4) is 0 Å². The van der Waals surface area contributed by atoms with E-state index in [9.17, 15) is 14.9 Å². The first-order valence-electron chi connectivity index (χ1n) is 9.25. The predicted octanol–water partition coefficient (Wildman–Crippen LogP) is 4.45. The van der Waals surface area contributed by atoms with E-state index in [1.165, 1.54) is 17.8 Å². The van der Waals surface area contributed by atoms with Crippen LogP contribution in [0.2, 0.25) is 0 Å². The molecule has 3 aromatic carbocycles. The third-order valence-electron chi connectivity index (χ3n) is 4.60. The molecule has 0 aromatic heterocycles. The molecule has 0 unspecified atom stereocenters. The van der Waals surface area contributed by atoms with Crippen molar-refractivity contribution in [1.82, 2.24) is 5.43 Å². The van der Waals surface area contributed by atoms with Crippen LogP contribution in [0.1, 0.15) is 32.6 Å². The van der Waals surface area contributed by atoms with Gasteiger partial charge in [-0.2, -0.15) is 5.10 Å². The lowest BCUT2D eigenvalue weighted by Gasteiger charge is -2.08. The average molecular weight is 387 g/mol. The molecule has 0 heterocycles. The highest BCUT2D eigenvalue weighted by Crippen LogP contribution is 2.18. The number of aryl methyl sites for hydroxylation is 3. The molecule has 6 heteroatoms. The SMILES string of the molecule is Cc1ccc(C=NNC(=O)c2ccccc2CCc2ccccc2)cc1[N+](=O)[O-]. The van der Waals surface area contributed by atoms with Crippen LogP contribution < -0.4 is 5.43 Å². The molecule has 0 aliphatic carbocycles. The van der Waals surface area contributed by atoms with Crippen LogP contribution in [0.25, 0.3) is 0 Å². The van der Waals surface area contributed by atoms with Crippen LogP contribution in [-0.2, 0) is 12.8 Å². The summed E-state index contributed by atoms with van der Waals surface area (Å²) in [6, 6.07) is 22.3. The zero-order valence-electron chi connectivity index (χ0n) is 16.0. The first-order chi connectivity index (χ1) is 14.0. The summed E-state index contributed by atoms with van der Waals surface area (Å²) in [4.78, 5) is 23.2. The maximum Gasteiger partial charge on any atom is 0.272 e. The minimum atomic E-state index is -0.436. The van der Waals surface area contributed by atoms with Gasteiger partial charge < -0.3 is 0 Å². The van der Waals surface area contributed by atoms with Gasteiger partial charge in [0.25, 0.3) is 11.6 Å². The second-order valence-corrected chi connectivity index (χ2v) is 6.64. The summed E-state index contributed by atoms with van der Waals surface area (Å²) in [6.07, 6.45) is 2.97. The number of benzene rings is 3. The molecule has 0 radical (unpaired) electrons. The van der Waals surface area contributed by atoms with Crippen LogP contribution in [0.4, 0.5) is 5.69 Å². The van der Waals surface area contributed by atoms with Gasteiger partial charge in [-0.05, 0) is 37.0 Å². The summed E-state index contributed by atoms with van der Waals surface area (Å²) in [6.45, 7) is 1.67. The van der Waals surface area contributed by atoms with E-state index in [-0.39, 0.29) is 11.6 Å². The molecule has 1 N–H and O–H groups in total. The molecule has 0 fully saturated rings. The highest BCUT2D eigenvalue weighted by molar-refractivity contribution is 5.96. The molecule has 3 rings (SSSR count). The van der Waals surface area contributed by atoms with Crippen LogP contribution in [0, 0.1) is 17.0 Å². The quantitative estimate of drug-likeness (QED) is 0.369. The number of rotatable bonds is 7. The molecule has 0 spiro atoms. The van der Waals surface area contributed by atoms with Crippen molar-refractivity contribution in [2.75, 3.05) is 0 Å². The molecular weight excluding hydrogens is 366 g/mol. The monoisotopic (exact) mass is 387 g/mol. The number of hydrogen-bond acceptors (Lipinski definition) is 4. The van der Waals surface area contributed by atoms with E-state index in [1.54, 1.807) is 25.1 Å². The Morgan fingerprint density at radius 1 is 1.03 bits per heavy atom. The van der Waals surface area contributed by atoms with Crippen LogP contribution in [0.3, 0.4) is 0 Å². The Labute approximate surface area is 169 Å². The Balaban J connectivity index is 1.67. The molecule has 6 nitrogen and oxygen atoms in total. The van der Waals surface area contributed by atoms with Crippen molar-refractivity contribution >= 4 is 17.8 Å². The number of amides is 1. The Morgan fingerprint density at radius 3 is 2.52 bits per heavy atom. The second-order valence-electron chi connectivity index (χ2n) is 6.64. The molecule has 0 saturated carbocycles. The fourth-order valence-electron chi connectivity index (χ4n) is 3.01. The van der Waals surface area contributed by atoms with E-state index < -0.39 is 4.92 Å². The number of nitro benzene ring substituents is 1. The van der Waals surface area contributed by atoms with Crippen LogP contribution in [-0.4, -0.2) is 17.0 Å². The zero-order chi connectivity index (χ0) is 20.6. The van der Waals surface area contributed by atoms with E-state index in [0.29, 0.717) is 16.7 Å². The topological polar surface area (TPSA) is 84.6 Å². The lowest BCUT2D eigenvalue weighted by molar-refractivity contribution is -0.385. The highest BCUT2D eigenvalue weighted by Gasteiger charge is 2.11. The minimum Gasteiger partial charge on any atom is -0.267 e. The lowest BCUT2D eigenvalue weighted by Crippen LogP contribution is -2.19. The molecule has 29 heavy (non-hydrogen) atoms. The van der Waals surface area contributed by atoms with Gasteiger partial charge in [-0.15, -0.1) is 0 Å². The van der Waals surface area contributed by atoms with E-state index >= 15 is 0 Å². The number of nitrogens with one attached hydrogen (secondary N) is 1. The number of hydrogen-bond donors (Lipinski definition) is 1. The van der Waals surface area contributed by atoms with Gasteiger partial charge in [-0.3, -0.25) is 14.9 Å². The van der Waals surface area contributed by atoms with E-state index in [0.717, 1.165) is 18.4 Å². The molecule has 0 saturated heterocycles. The lowest BCUT2D eigenvalue weighted by atomic mass is 9.99. The Hall–Kier alpha value is -3.80. The Kier molecular flexibility index (Phi) is 6.47. The maximum absolute atomic E-state index is 12.6. The van der Waals surface area contributed by atoms with Gasteiger partial charge in [0.1, 0.15) is 0 Å². The summed E-state index contributed by atoms with van der Waals surface area (Å²) >= 11 is 0. The van der Waals surface area contributed by atoms with Crippen molar-refractivity contribution in [1.29, 1.82) is 0 Å². The summed E-state index contributed by atoms with van der Waals surface area (Å²) in [5.74, 6) is -0.313. The standard InChI is InChI=1S/C23H21N3O3/c1-17-11-12-19(15-22(17)26(28)29)16-24-25-23(27)21-10-6-5-9-20(21)14-13-18-7-3-2-4-8-18/h2-12,15-16H,13-14H2,1H3,(H,25,27). The number of nitro groups is 1. The van der Waals surface area contributed by atoms with E-state index in [2.05, 4.69) is 22.7 Å². The number of hydrazone groups is 1. The van der Waals surface area contributed by atoms with Crippen molar-refractivity contribution < 1.29 is 9.72 Å². The fourth-order valence-corrected chi connectivity index (χ4v) is 3.01. The number of nitrogens with zero attached hydrogens (tertiary/aromatic N) is 2. The molecule has 0 atom stereocenters. The smallest absolute Gasteiger partial charge is 0.267 e. The van der Waals surface area contributed by atoms with Gasteiger partial charge in [0.2, 0.25) is 0 Å². The van der Waals surface area contributed by atoms with Crippen molar-refractivity contribution in [3.63, 3.8) is 0 Å². The van der Waals surface area contributed by atoms with Crippen molar-refractivity contribution in [3.05, 3.63) is 111 Å². The summed E-state index contributed by atoms with van der Waals surface area (Å²) in [5.41, 5.74) is 6.36. The van der Waals surface area contributed by atoms with Crippen LogP contribution >= 0.6 is 0 Å². The molecule has 0 aliphatic rings. The highest BCUT2D eigenvalue weighted by atomic mass is 16.6. The largest absolute Gasteiger partial charge is 0.272 e. The zero-order valence-corrected chi connectivity index (χ0v) is 16.0. The van der Waals surface area contributed by atoms with E-state index in [1.807, 2.05) is 36.4 Å². The first-order valence-corrected chi connectivity index (χ1v) is 9.25. The Bertz CT molecular complexity index is 1050. The molecule has 1 amide bonds. The van der Waals surface area contributed by atoms with Crippen molar-refractivity contribution in [2.45, 2.75) is 19.8 Å². The van der Waals surface area contributed by atoms with Gasteiger partial charge in [-0.1, -0.05) is 60.7 Å². The van der Waals surface area contributed by atoms with Gasteiger partial charge in [-0.25, -0.2) is 5.43 Å². The predicted molar refractivity (Wildman–Crippen MR) is 113 cm³/mol. The third kappa shape index (κ3) is 5.35. The van der Waals surface area contributed by atoms with Crippen LogP contribution in [0.15, 0.2) is 77.9 Å². The number of carbonyl (C=O) groups is 1. The summed E-state index contributed by atoms with van der Waals surface area (Å²) in [7, 11) is 0. The fraction of sp³-hybridized carbons (Fsp3) is 0.130. The molecule has 0 aliphatic heterocycles.